The highest BCUT2D eigenvalue weighted by Gasteiger charge is 2.36. The van der Waals surface area contributed by atoms with Crippen molar-refractivity contribution in [3.8, 4) is 46.0 Å². The lowest BCUT2D eigenvalue weighted by Crippen LogP contribution is -2.40. The molecule has 14 heteroatoms. The van der Waals surface area contributed by atoms with Gasteiger partial charge in [-0.05, 0) is 87.0 Å². The summed E-state index contributed by atoms with van der Waals surface area (Å²) in [5, 5.41) is 27.0. The number of Topliss-reactive ketones (excluding diaryl/α,β-unsaturated/α-hetero) is 1. The summed E-state index contributed by atoms with van der Waals surface area (Å²) < 4.78 is 39.9. The maximum Gasteiger partial charge on any atom is 0.342 e. The van der Waals surface area contributed by atoms with Crippen LogP contribution in [0.15, 0.2) is 30.3 Å². The molecular formula is C43H52N2O12. The molecule has 0 spiro atoms. The lowest BCUT2D eigenvalue weighted by molar-refractivity contribution is -0.121. The number of methoxy groups -OCH3 is 4. The van der Waals surface area contributed by atoms with Gasteiger partial charge in [0, 0.05) is 49.4 Å². The van der Waals surface area contributed by atoms with E-state index in [0.717, 1.165) is 24.1 Å². The van der Waals surface area contributed by atoms with Gasteiger partial charge in [-0.15, -0.1) is 0 Å². The lowest BCUT2D eigenvalue weighted by Gasteiger charge is -2.36. The average Bonchev–Trinajstić information content (AvgIpc) is 3.66. The monoisotopic (exact) mass is 788 g/mol. The molecule has 14 nitrogen and oxygen atoms in total. The number of ether oxygens (including phenoxy) is 7. The number of phenolic OH excluding ortho intramolecular Hbond substituents is 2. The van der Waals surface area contributed by atoms with E-state index in [4.69, 9.17) is 33.2 Å². The highest BCUT2D eigenvalue weighted by molar-refractivity contribution is 5.98. The van der Waals surface area contributed by atoms with Gasteiger partial charge >= 0.3 is 5.97 Å². The summed E-state index contributed by atoms with van der Waals surface area (Å²) in [5.74, 6) is -0.361. The largest absolute Gasteiger partial charge is 0.507 e. The third kappa shape index (κ3) is 8.70. The van der Waals surface area contributed by atoms with Crippen LogP contribution in [0.2, 0.25) is 0 Å². The van der Waals surface area contributed by atoms with E-state index in [1.807, 2.05) is 13.1 Å². The Morgan fingerprint density at radius 2 is 1.67 bits per heavy atom. The fourth-order valence-electron chi connectivity index (χ4n) is 7.96. The second kappa shape index (κ2) is 18.1. The first-order valence-corrected chi connectivity index (χ1v) is 19.2. The van der Waals surface area contributed by atoms with E-state index in [1.54, 1.807) is 38.3 Å². The zero-order chi connectivity index (χ0) is 40.8. The normalized spacial score (nSPS) is 19.1. The number of hydrogen-bond donors (Lipinski definition) is 3. The fraction of sp³-hybridized carbons (Fsp3) is 0.465. The summed E-state index contributed by atoms with van der Waals surface area (Å²) in [5.41, 5.74) is 2.39. The van der Waals surface area contributed by atoms with Gasteiger partial charge in [-0.3, -0.25) is 14.5 Å². The maximum atomic E-state index is 14.2. The van der Waals surface area contributed by atoms with Crippen LogP contribution in [-0.4, -0.2) is 94.2 Å². The number of likely N-dealkylation sites (N-methyl/N-ethyl adjacent to an activating group) is 1. The summed E-state index contributed by atoms with van der Waals surface area (Å²) in [6, 6.07) is 6.36. The van der Waals surface area contributed by atoms with Crippen LogP contribution >= 0.6 is 0 Å². The van der Waals surface area contributed by atoms with Crippen molar-refractivity contribution in [2.24, 2.45) is 0 Å². The Morgan fingerprint density at radius 3 is 2.37 bits per heavy atom. The van der Waals surface area contributed by atoms with Gasteiger partial charge in [0.1, 0.15) is 22.8 Å². The van der Waals surface area contributed by atoms with E-state index in [-0.39, 0.29) is 65.5 Å². The molecule has 306 valence electrons. The molecule has 0 fully saturated rings. The minimum absolute atomic E-state index is 0.0580. The first kappa shape index (κ1) is 41.0. The van der Waals surface area contributed by atoms with Gasteiger partial charge in [0.25, 0.3) is 0 Å². The number of nitrogens with one attached hydrogen (secondary N) is 1. The number of amides is 1. The molecule has 2 unspecified atom stereocenters. The van der Waals surface area contributed by atoms with Crippen LogP contribution in [0.1, 0.15) is 102 Å². The van der Waals surface area contributed by atoms with Gasteiger partial charge in [0.05, 0.1) is 40.6 Å². The van der Waals surface area contributed by atoms with Gasteiger partial charge in [0.2, 0.25) is 24.2 Å². The number of benzene rings is 3. The second-order valence-electron chi connectivity index (χ2n) is 14.5. The van der Waals surface area contributed by atoms with Crippen LogP contribution in [-0.2, 0) is 20.7 Å². The van der Waals surface area contributed by atoms with Gasteiger partial charge in [0.15, 0.2) is 23.0 Å². The summed E-state index contributed by atoms with van der Waals surface area (Å²) in [7, 11) is 7.94. The molecule has 3 heterocycles. The number of phenols is 2. The number of hydrogen-bond acceptors (Lipinski definition) is 13. The Morgan fingerprint density at radius 1 is 0.947 bits per heavy atom. The molecule has 57 heavy (non-hydrogen) atoms. The number of nitrogens with zero attached hydrogens (tertiary/aromatic N) is 1. The van der Waals surface area contributed by atoms with Gasteiger partial charge in [-0.25, -0.2) is 4.79 Å². The Labute approximate surface area is 332 Å². The van der Waals surface area contributed by atoms with Crippen molar-refractivity contribution in [3.63, 3.8) is 0 Å². The number of carbonyl (C=O) groups excluding carboxylic acids is 3. The number of allylic oxidation sites excluding steroid dienone is 1. The van der Waals surface area contributed by atoms with Crippen LogP contribution in [0.5, 0.6) is 46.0 Å². The zero-order valence-electron chi connectivity index (χ0n) is 33.4. The third-order valence-corrected chi connectivity index (χ3v) is 10.9. The van der Waals surface area contributed by atoms with Crippen molar-refractivity contribution in [2.75, 3.05) is 55.4 Å². The number of fused-ring (bicyclic) bond motifs is 3. The van der Waals surface area contributed by atoms with Crippen molar-refractivity contribution in [2.45, 2.75) is 76.4 Å². The fourth-order valence-corrected chi connectivity index (χ4v) is 7.96. The third-order valence-electron chi connectivity index (χ3n) is 10.9. The van der Waals surface area contributed by atoms with Crippen molar-refractivity contribution in [3.05, 3.63) is 63.7 Å². The SMILES string of the molecule is COc1cc(C(CC(=O)NCC2c3c(cc4c(c3OC)OCO4)CCN2C)c2c(O)cc3c(c2O)C(=O)O[C@@H](C)CCCC(=O)CCCC=C3)cc(OC)c1OC. The summed E-state index contributed by atoms with van der Waals surface area (Å²) >= 11 is 0. The van der Waals surface area contributed by atoms with Gasteiger partial charge < -0.3 is 48.7 Å². The lowest BCUT2D eigenvalue weighted by atomic mass is 9.84. The first-order chi connectivity index (χ1) is 27.5. The van der Waals surface area contributed by atoms with E-state index in [2.05, 4.69) is 10.2 Å². The van der Waals surface area contributed by atoms with Gasteiger partial charge in [-0.2, -0.15) is 0 Å². The molecule has 0 saturated heterocycles. The second-order valence-corrected chi connectivity index (χ2v) is 14.5. The minimum Gasteiger partial charge on any atom is -0.507 e. The van der Waals surface area contributed by atoms with Crippen LogP contribution < -0.4 is 33.7 Å². The van der Waals surface area contributed by atoms with Crippen LogP contribution in [0, 0.1) is 0 Å². The van der Waals surface area contributed by atoms with E-state index in [9.17, 15) is 24.6 Å². The number of rotatable bonds is 10. The zero-order valence-corrected chi connectivity index (χ0v) is 33.4. The molecule has 0 aromatic heterocycles. The number of cyclic esters (lactones) is 1. The molecule has 3 atom stereocenters. The smallest absolute Gasteiger partial charge is 0.342 e. The maximum absolute atomic E-state index is 14.2. The predicted molar refractivity (Wildman–Crippen MR) is 210 cm³/mol. The molecule has 0 radical (unpaired) electrons. The number of esters is 1. The van der Waals surface area contributed by atoms with E-state index in [1.165, 1.54) is 27.4 Å². The quantitative estimate of drug-likeness (QED) is 0.198. The predicted octanol–water partition coefficient (Wildman–Crippen LogP) is 6.21. The number of ketones is 1. The molecule has 0 saturated carbocycles. The summed E-state index contributed by atoms with van der Waals surface area (Å²) in [6.45, 7) is 2.74. The molecule has 0 aliphatic carbocycles. The molecule has 3 aliphatic heterocycles. The minimum atomic E-state index is -1.03. The Kier molecular flexibility index (Phi) is 13.0. The van der Waals surface area contributed by atoms with E-state index < -0.39 is 29.6 Å². The molecule has 3 aromatic rings. The Bertz CT molecular complexity index is 2000. The molecule has 6 rings (SSSR count). The highest BCUT2D eigenvalue weighted by Crippen LogP contribution is 2.50. The number of carbonyl (C=O) groups is 3. The van der Waals surface area contributed by atoms with Crippen LogP contribution in [0.25, 0.3) is 6.08 Å². The van der Waals surface area contributed by atoms with E-state index in [0.29, 0.717) is 67.1 Å². The van der Waals surface area contributed by atoms with Crippen molar-refractivity contribution in [1.29, 1.82) is 0 Å². The summed E-state index contributed by atoms with van der Waals surface area (Å²) in [4.78, 5) is 42.5. The Hall–Kier alpha value is -5.63. The Balaban J connectivity index is 1.40. The van der Waals surface area contributed by atoms with Crippen molar-refractivity contribution >= 4 is 23.7 Å². The molecule has 1 amide bonds. The first-order valence-electron chi connectivity index (χ1n) is 19.2. The van der Waals surface area contributed by atoms with E-state index >= 15 is 0 Å². The van der Waals surface area contributed by atoms with Gasteiger partial charge in [-0.1, -0.05) is 12.2 Å². The molecule has 3 N–H and O–H groups in total. The van der Waals surface area contributed by atoms with Crippen LogP contribution in [0.4, 0.5) is 0 Å². The molecular weight excluding hydrogens is 736 g/mol. The van der Waals surface area contributed by atoms with Crippen molar-refractivity contribution in [1.82, 2.24) is 10.2 Å². The number of aromatic hydroxyl groups is 2. The molecule has 3 aliphatic rings. The molecule has 3 aromatic carbocycles. The standard InChI is InChI=1S/C43H52N2O12/c1-24-11-10-14-28(46)13-9-7-8-12-25-17-31(47)38(39(49)37(25)43(50)57-24)29(27-19-32(51-3)40(53-5)33(20-27)52-4)21-35(48)44-22-30-36-26(15-16-45(30)2)18-34-41(42(36)54-6)56-23-55-34/h8,12,17-20,24,29-30,47,49H,7,9-11,13-16,21-23H2,1-6H3,(H,44,48)/t24-,29?,30?/m0/s1. The highest BCUT2D eigenvalue weighted by atomic mass is 16.7. The van der Waals surface area contributed by atoms with Crippen LogP contribution in [0.3, 0.4) is 0 Å². The topological polar surface area (TPSA) is 172 Å². The summed E-state index contributed by atoms with van der Waals surface area (Å²) in [6.07, 6.45) is 6.35. The molecule has 0 bridgehead atoms. The average molecular weight is 789 g/mol. The van der Waals surface area contributed by atoms with Crippen molar-refractivity contribution < 1.29 is 57.8 Å².